The van der Waals surface area contributed by atoms with Crippen molar-refractivity contribution in [3.8, 4) is 0 Å². The van der Waals surface area contributed by atoms with Gasteiger partial charge in [0.25, 0.3) is 0 Å². The molecule has 1 heteroatoms. The molecule has 0 saturated heterocycles. The Labute approximate surface area is 75.5 Å². The molecule has 12 heavy (non-hydrogen) atoms. The van der Waals surface area contributed by atoms with Gasteiger partial charge in [-0.3, -0.25) is 0 Å². The van der Waals surface area contributed by atoms with Crippen LogP contribution in [0, 0.1) is 17.8 Å². The smallest absolute Gasteiger partial charge is 0.130 e. The summed E-state index contributed by atoms with van der Waals surface area (Å²) in [4.78, 5) is 11.0. The van der Waals surface area contributed by atoms with E-state index in [1.54, 1.807) is 6.92 Å². The van der Waals surface area contributed by atoms with Crippen LogP contribution in [-0.4, -0.2) is 5.78 Å². The lowest BCUT2D eigenvalue weighted by Crippen LogP contribution is -2.13. The van der Waals surface area contributed by atoms with Crippen LogP contribution in [-0.2, 0) is 4.79 Å². The van der Waals surface area contributed by atoms with Crippen molar-refractivity contribution in [2.45, 2.75) is 46.5 Å². The Bertz CT molecular complexity index is 156. The van der Waals surface area contributed by atoms with E-state index in [1.165, 1.54) is 19.3 Å². The molecule has 0 aromatic carbocycles. The summed E-state index contributed by atoms with van der Waals surface area (Å²) in [5.41, 5.74) is 0. The molecule has 0 N–H and O–H groups in total. The second kappa shape index (κ2) is 4.06. The Hall–Kier alpha value is -0.330. The Morgan fingerprint density at radius 3 is 2.33 bits per heavy atom. The maximum atomic E-state index is 11.0. The van der Waals surface area contributed by atoms with E-state index >= 15 is 0 Å². The molecule has 0 bridgehead atoms. The first kappa shape index (κ1) is 9.76. The Kier molecular flexibility index (Phi) is 3.30. The second-order valence-corrected chi connectivity index (χ2v) is 4.59. The Morgan fingerprint density at radius 2 is 2.00 bits per heavy atom. The maximum absolute atomic E-state index is 11.0. The van der Waals surface area contributed by atoms with Gasteiger partial charge >= 0.3 is 0 Å². The predicted octanol–water partition coefficient (Wildman–Crippen LogP) is 3.04. The molecular formula is C11H20O. The molecule has 1 aliphatic carbocycles. The van der Waals surface area contributed by atoms with Crippen molar-refractivity contribution in [1.82, 2.24) is 0 Å². The summed E-state index contributed by atoms with van der Waals surface area (Å²) in [7, 11) is 0. The highest BCUT2D eigenvalue weighted by Crippen LogP contribution is 2.38. The number of rotatable bonds is 5. The predicted molar refractivity (Wildman–Crippen MR) is 51.0 cm³/mol. The summed E-state index contributed by atoms with van der Waals surface area (Å²) < 4.78 is 0. The van der Waals surface area contributed by atoms with Crippen LogP contribution < -0.4 is 0 Å². The van der Waals surface area contributed by atoms with Crippen LogP contribution in [0.3, 0.4) is 0 Å². The first-order chi connectivity index (χ1) is 5.59. The molecule has 1 rings (SSSR count). The molecule has 0 spiro atoms. The third-order valence-electron chi connectivity index (χ3n) is 2.83. The van der Waals surface area contributed by atoms with Crippen molar-refractivity contribution < 1.29 is 4.79 Å². The zero-order valence-electron chi connectivity index (χ0n) is 8.47. The molecule has 70 valence electrons. The monoisotopic (exact) mass is 168 g/mol. The minimum absolute atomic E-state index is 0.356. The van der Waals surface area contributed by atoms with Gasteiger partial charge in [-0.2, -0.15) is 0 Å². The molecule has 0 heterocycles. The van der Waals surface area contributed by atoms with Crippen molar-refractivity contribution in [3.63, 3.8) is 0 Å². The van der Waals surface area contributed by atoms with Crippen molar-refractivity contribution >= 4 is 5.78 Å². The summed E-state index contributed by atoms with van der Waals surface area (Å²) in [5.74, 6) is 2.63. The maximum Gasteiger partial charge on any atom is 0.130 e. The first-order valence-corrected chi connectivity index (χ1v) is 5.09. The number of Topliss-reactive ketones (excluding diaryl/α,β-unsaturated/α-hetero) is 1. The lowest BCUT2D eigenvalue weighted by molar-refractivity contribution is -0.118. The van der Waals surface area contributed by atoms with Crippen molar-refractivity contribution in [1.29, 1.82) is 0 Å². The highest BCUT2D eigenvalue weighted by Gasteiger charge is 2.27. The van der Waals surface area contributed by atoms with Gasteiger partial charge < -0.3 is 4.79 Å². The van der Waals surface area contributed by atoms with E-state index in [0.29, 0.717) is 17.6 Å². The van der Waals surface area contributed by atoms with Gasteiger partial charge in [-0.1, -0.05) is 26.7 Å². The standard InChI is InChI=1S/C11H20O/c1-8(2)11(6-9(3)12)7-10-4-5-10/h8,10-11H,4-7H2,1-3H3. The fourth-order valence-corrected chi connectivity index (χ4v) is 1.74. The van der Waals surface area contributed by atoms with Crippen LogP contribution in [0.5, 0.6) is 0 Å². The normalized spacial score (nSPS) is 19.7. The molecule has 0 aromatic rings. The van der Waals surface area contributed by atoms with E-state index in [2.05, 4.69) is 13.8 Å². The molecule has 1 atom stereocenters. The van der Waals surface area contributed by atoms with Crippen molar-refractivity contribution in [3.05, 3.63) is 0 Å². The molecule has 1 aliphatic rings. The van der Waals surface area contributed by atoms with Crippen molar-refractivity contribution in [2.75, 3.05) is 0 Å². The van der Waals surface area contributed by atoms with Gasteiger partial charge in [0.2, 0.25) is 0 Å². The van der Waals surface area contributed by atoms with E-state index in [-0.39, 0.29) is 0 Å². The quantitative estimate of drug-likeness (QED) is 0.616. The lowest BCUT2D eigenvalue weighted by atomic mass is 9.86. The van der Waals surface area contributed by atoms with E-state index in [4.69, 9.17) is 0 Å². The molecule has 1 nitrogen and oxygen atoms in total. The summed E-state index contributed by atoms with van der Waals surface area (Å²) in [5, 5.41) is 0. The Balaban J connectivity index is 2.30. The minimum Gasteiger partial charge on any atom is -0.300 e. The fraction of sp³-hybridized carbons (Fsp3) is 0.909. The number of carbonyl (C=O) groups is 1. The van der Waals surface area contributed by atoms with Gasteiger partial charge in [0.1, 0.15) is 5.78 Å². The highest BCUT2D eigenvalue weighted by atomic mass is 16.1. The summed E-state index contributed by atoms with van der Waals surface area (Å²) >= 11 is 0. The average molecular weight is 168 g/mol. The van der Waals surface area contributed by atoms with E-state index < -0.39 is 0 Å². The van der Waals surface area contributed by atoms with Gasteiger partial charge in [0.05, 0.1) is 0 Å². The van der Waals surface area contributed by atoms with Crippen LogP contribution in [0.4, 0.5) is 0 Å². The molecule has 1 unspecified atom stereocenters. The fourth-order valence-electron chi connectivity index (χ4n) is 1.74. The van der Waals surface area contributed by atoms with Crippen LogP contribution in [0.2, 0.25) is 0 Å². The van der Waals surface area contributed by atoms with E-state index in [1.807, 2.05) is 0 Å². The molecule has 1 fully saturated rings. The van der Waals surface area contributed by atoms with Crippen LogP contribution in [0.25, 0.3) is 0 Å². The van der Waals surface area contributed by atoms with E-state index in [9.17, 15) is 4.79 Å². The van der Waals surface area contributed by atoms with Gasteiger partial charge in [-0.05, 0) is 31.1 Å². The minimum atomic E-state index is 0.356. The largest absolute Gasteiger partial charge is 0.300 e. The second-order valence-electron chi connectivity index (χ2n) is 4.59. The van der Waals surface area contributed by atoms with Gasteiger partial charge in [-0.15, -0.1) is 0 Å². The third-order valence-corrected chi connectivity index (χ3v) is 2.83. The molecular weight excluding hydrogens is 148 g/mol. The molecule has 0 amide bonds. The van der Waals surface area contributed by atoms with E-state index in [0.717, 1.165) is 12.3 Å². The summed E-state index contributed by atoms with van der Waals surface area (Å²) in [6, 6.07) is 0. The van der Waals surface area contributed by atoms with Crippen LogP contribution in [0.1, 0.15) is 46.5 Å². The number of hydrogen-bond acceptors (Lipinski definition) is 1. The topological polar surface area (TPSA) is 17.1 Å². The molecule has 1 saturated carbocycles. The van der Waals surface area contributed by atoms with Gasteiger partial charge in [0, 0.05) is 6.42 Å². The zero-order valence-corrected chi connectivity index (χ0v) is 8.47. The molecule has 0 radical (unpaired) electrons. The highest BCUT2D eigenvalue weighted by molar-refractivity contribution is 5.75. The van der Waals surface area contributed by atoms with Gasteiger partial charge in [-0.25, -0.2) is 0 Å². The SMILES string of the molecule is CC(=O)CC(CC1CC1)C(C)C. The summed E-state index contributed by atoms with van der Waals surface area (Å²) in [6.07, 6.45) is 4.90. The molecule has 0 aromatic heterocycles. The lowest BCUT2D eigenvalue weighted by Gasteiger charge is -2.18. The van der Waals surface area contributed by atoms with Crippen LogP contribution in [0.15, 0.2) is 0 Å². The summed E-state index contributed by atoms with van der Waals surface area (Å²) in [6.45, 7) is 6.17. The average Bonchev–Trinajstić information content (AvgIpc) is 2.68. The molecule has 0 aliphatic heterocycles. The van der Waals surface area contributed by atoms with Crippen LogP contribution >= 0.6 is 0 Å². The number of hydrogen-bond donors (Lipinski definition) is 0. The zero-order chi connectivity index (χ0) is 9.14. The van der Waals surface area contributed by atoms with Crippen molar-refractivity contribution in [2.24, 2.45) is 17.8 Å². The Morgan fingerprint density at radius 1 is 1.42 bits per heavy atom. The number of ketones is 1. The number of carbonyl (C=O) groups excluding carboxylic acids is 1. The third kappa shape index (κ3) is 3.38. The first-order valence-electron chi connectivity index (χ1n) is 5.09. The van der Waals surface area contributed by atoms with Gasteiger partial charge in [0.15, 0.2) is 0 Å².